The maximum atomic E-state index is 13.2. The standard InChI is InChI=1S/C18H29FN4.HI/c1-20-18(21-10-3-4-11-23-12-5-6-13-23)22(2)15-16-8-7-9-17(19)14-16;/h7-9,14H,3-6,10-13,15H2,1-2H3,(H,20,21);1H. The van der Waals surface area contributed by atoms with Gasteiger partial charge in [0.1, 0.15) is 5.82 Å². The molecule has 0 atom stereocenters. The van der Waals surface area contributed by atoms with Crippen LogP contribution in [0, 0.1) is 5.82 Å². The summed E-state index contributed by atoms with van der Waals surface area (Å²) in [7, 11) is 3.76. The number of hydrogen-bond acceptors (Lipinski definition) is 2. The Balaban J connectivity index is 0.00000288. The van der Waals surface area contributed by atoms with E-state index in [2.05, 4.69) is 15.2 Å². The van der Waals surface area contributed by atoms with E-state index in [1.165, 1.54) is 45.0 Å². The van der Waals surface area contributed by atoms with E-state index < -0.39 is 0 Å². The lowest BCUT2D eigenvalue weighted by atomic mass is 10.2. The molecule has 1 fully saturated rings. The lowest BCUT2D eigenvalue weighted by molar-refractivity contribution is 0.330. The summed E-state index contributed by atoms with van der Waals surface area (Å²) in [4.78, 5) is 8.88. The van der Waals surface area contributed by atoms with Crippen molar-refractivity contribution in [2.75, 3.05) is 40.3 Å². The summed E-state index contributed by atoms with van der Waals surface area (Å²) in [6.07, 6.45) is 5.08. The number of halogens is 2. The van der Waals surface area contributed by atoms with E-state index in [4.69, 9.17) is 0 Å². The number of unbranched alkanes of at least 4 members (excludes halogenated alkanes) is 1. The monoisotopic (exact) mass is 448 g/mol. The molecule has 1 aromatic rings. The van der Waals surface area contributed by atoms with Gasteiger partial charge >= 0.3 is 0 Å². The van der Waals surface area contributed by atoms with E-state index in [1.807, 2.05) is 18.0 Å². The van der Waals surface area contributed by atoms with Crippen LogP contribution in [0.5, 0.6) is 0 Å². The van der Waals surface area contributed by atoms with Crippen LogP contribution in [-0.4, -0.2) is 56.0 Å². The van der Waals surface area contributed by atoms with Gasteiger partial charge in [0.25, 0.3) is 0 Å². The molecule has 0 unspecified atom stereocenters. The molecule has 24 heavy (non-hydrogen) atoms. The maximum absolute atomic E-state index is 13.2. The lowest BCUT2D eigenvalue weighted by Crippen LogP contribution is -2.39. The Morgan fingerprint density at radius 2 is 2.04 bits per heavy atom. The third kappa shape index (κ3) is 7.34. The smallest absolute Gasteiger partial charge is 0.193 e. The first kappa shape index (κ1) is 21.2. The normalized spacial score (nSPS) is 15.2. The Morgan fingerprint density at radius 3 is 2.71 bits per heavy atom. The Morgan fingerprint density at radius 1 is 1.29 bits per heavy atom. The summed E-state index contributed by atoms with van der Waals surface area (Å²) in [5, 5.41) is 3.39. The zero-order valence-electron chi connectivity index (χ0n) is 14.8. The lowest BCUT2D eigenvalue weighted by Gasteiger charge is -2.22. The molecule has 0 bridgehead atoms. The van der Waals surface area contributed by atoms with Crippen LogP contribution in [0.25, 0.3) is 0 Å². The zero-order chi connectivity index (χ0) is 16.5. The van der Waals surface area contributed by atoms with Gasteiger partial charge in [-0.2, -0.15) is 0 Å². The molecule has 136 valence electrons. The maximum Gasteiger partial charge on any atom is 0.193 e. The predicted octanol–water partition coefficient (Wildman–Crippen LogP) is 3.33. The third-order valence-corrected chi connectivity index (χ3v) is 4.27. The fourth-order valence-electron chi connectivity index (χ4n) is 3.04. The molecule has 0 saturated carbocycles. The van der Waals surface area contributed by atoms with Crippen LogP contribution in [-0.2, 0) is 6.54 Å². The molecule has 0 radical (unpaired) electrons. The minimum atomic E-state index is -0.194. The minimum absolute atomic E-state index is 0. The van der Waals surface area contributed by atoms with E-state index in [0.717, 1.165) is 24.5 Å². The number of likely N-dealkylation sites (tertiary alicyclic amines) is 1. The van der Waals surface area contributed by atoms with Gasteiger partial charge < -0.3 is 15.1 Å². The number of nitrogens with zero attached hydrogens (tertiary/aromatic N) is 3. The summed E-state index contributed by atoms with van der Waals surface area (Å²) in [6, 6.07) is 6.72. The van der Waals surface area contributed by atoms with Gasteiger partial charge in [0, 0.05) is 27.2 Å². The van der Waals surface area contributed by atoms with Gasteiger partial charge in [-0.3, -0.25) is 4.99 Å². The first-order chi connectivity index (χ1) is 11.2. The number of hydrogen-bond donors (Lipinski definition) is 1. The van der Waals surface area contributed by atoms with Crippen molar-refractivity contribution in [3.05, 3.63) is 35.6 Å². The van der Waals surface area contributed by atoms with Crippen molar-refractivity contribution in [2.45, 2.75) is 32.2 Å². The molecule has 0 amide bonds. The fraction of sp³-hybridized carbons (Fsp3) is 0.611. The van der Waals surface area contributed by atoms with Crippen LogP contribution in [0.15, 0.2) is 29.3 Å². The van der Waals surface area contributed by atoms with E-state index in [0.29, 0.717) is 6.54 Å². The van der Waals surface area contributed by atoms with Gasteiger partial charge in [0.15, 0.2) is 5.96 Å². The first-order valence-corrected chi connectivity index (χ1v) is 8.57. The SMILES string of the molecule is CN=C(NCCCCN1CCCC1)N(C)Cc1cccc(F)c1.I. The summed E-state index contributed by atoms with van der Waals surface area (Å²) in [6.45, 7) is 5.32. The molecule has 0 spiro atoms. The molecular formula is C18H30FIN4. The van der Waals surface area contributed by atoms with Crippen LogP contribution in [0.4, 0.5) is 4.39 Å². The van der Waals surface area contributed by atoms with Crippen LogP contribution in [0.2, 0.25) is 0 Å². The molecule has 1 aliphatic heterocycles. The molecule has 2 rings (SSSR count). The third-order valence-electron chi connectivity index (χ3n) is 4.27. The van der Waals surface area contributed by atoms with Crippen molar-refractivity contribution in [3.63, 3.8) is 0 Å². The van der Waals surface area contributed by atoms with Gasteiger partial charge in [0.2, 0.25) is 0 Å². The van der Waals surface area contributed by atoms with E-state index in [9.17, 15) is 4.39 Å². The molecule has 0 aromatic heterocycles. The van der Waals surface area contributed by atoms with Gasteiger partial charge in [-0.25, -0.2) is 4.39 Å². The van der Waals surface area contributed by atoms with Crippen molar-refractivity contribution in [1.29, 1.82) is 0 Å². The summed E-state index contributed by atoms with van der Waals surface area (Å²) in [5.74, 6) is 0.663. The van der Waals surface area contributed by atoms with Crippen LogP contribution in [0.3, 0.4) is 0 Å². The molecule has 1 N–H and O–H groups in total. The van der Waals surface area contributed by atoms with E-state index >= 15 is 0 Å². The molecule has 1 saturated heterocycles. The first-order valence-electron chi connectivity index (χ1n) is 8.57. The van der Waals surface area contributed by atoms with Crippen molar-refractivity contribution < 1.29 is 4.39 Å². The second kappa shape index (κ2) is 11.6. The highest BCUT2D eigenvalue weighted by Crippen LogP contribution is 2.08. The van der Waals surface area contributed by atoms with Crippen LogP contribution < -0.4 is 5.32 Å². The zero-order valence-corrected chi connectivity index (χ0v) is 17.1. The average Bonchev–Trinajstić information content (AvgIpc) is 3.04. The number of nitrogens with one attached hydrogen (secondary N) is 1. The number of aliphatic imine (C=N–C) groups is 1. The fourth-order valence-corrected chi connectivity index (χ4v) is 3.04. The van der Waals surface area contributed by atoms with Gasteiger partial charge in [-0.15, -0.1) is 24.0 Å². The van der Waals surface area contributed by atoms with Gasteiger partial charge in [-0.1, -0.05) is 12.1 Å². The second-order valence-corrected chi connectivity index (χ2v) is 6.22. The predicted molar refractivity (Wildman–Crippen MR) is 110 cm³/mol. The largest absolute Gasteiger partial charge is 0.356 e. The minimum Gasteiger partial charge on any atom is -0.356 e. The molecule has 4 nitrogen and oxygen atoms in total. The molecule has 6 heteroatoms. The van der Waals surface area contributed by atoms with Gasteiger partial charge in [-0.05, 0) is 63.0 Å². The molecule has 1 heterocycles. The highest BCUT2D eigenvalue weighted by atomic mass is 127. The Hall–Kier alpha value is -0.890. The van der Waals surface area contributed by atoms with Crippen LogP contribution in [0.1, 0.15) is 31.2 Å². The Bertz CT molecular complexity index is 504. The van der Waals surface area contributed by atoms with E-state index in [1.54, 1.807) is 19.2 Å². The Labute approximate surface area is 162 Å². The van der Waals surface area contributed by atoms with Crippen molar-refractivity contribution >= 4 is 29.9 Å². The molecule has 1 aliphatic rings. The highest BCUT2D eigenvalue weighted by Gasteiger charge is 2.10. The average molecular weight is 448 g/mol. The number of rotatable bonds is 7. The summed E-state index contributed by atoms with van der Waals surface area (Å²) >= 11 is 0. The highest BCUT2D eigenvalue weighted by molar-refractivity contribution is 14.0. The van der Waals surface area contributed by atoms with Crippen molar-refractivity contribution in [3.8, 4) is 0 Å². The molecule has 1 aromatic carbocycles. The molecular weight excluding hydrogens is 418 g/mol. The number of guanidine groups is 1. The van der Waals surface area contributed by atoms with Crippen LogP contribution >= 0.6 is 24.0 Å². The topological polar surface area (TPSA) is 30.9 Å². The summed E-state index contributed by atoms with van der Waals surface area (Å²) in [5.41, 5.74) is 0.949. The second-order valence-electron chi connectivity index (χ2n) is 6.22. The Kier molecular flexibility index (Phi) is 10.2. The summed E-state index contributed by atoms with van der Waals surface area (Å²) < 4.78 is 13.2. The van der Waals surface area contributed by atoms with E-state index in [-0.39, 0.29) is 29.8 Å². The van der Waals surface area contributed by atoms with Crippen molar-refractivity contribution in [1.82, 2.24) is 15.1 Å². The molecule has 0 aliphatic carbocycles. The van der Waals surface area contributed by atoms with Crippen molar-refractivity contribution in [2.24, 2.45) is 4.99 Å². The van der Waals surface area contributed by atoms with Gasteiger partial charge in [0.05, 0.1) is 0 Å². The quantitative estimate of drug-likeness (QED) is 0.301. The number of benzene rings is 1.